The Labute approximate surface area is 139 Å². The second-order valence-corrected chi connectivity index (χ2v) is 5.12. The van der Waals surface area contributed by atoms with Crippen LogP contribution in [-0.2, 0) is 11.3 Å². The first-order valence-electron chi connectivity index (χ1n) is 6.77. The summed E-state index contributed by atoms with van der Waals surface area (Å²) in [6, 6.07) is 12.4. The molecule has 0 spiro atoms. The highest BCUT2D eigenvalue weighted by Gasteiger charge is 2.13. The third kappa shape index (κ3) is 3.93. The first kappa shape index (κ1) is 16.7. The molecule has 0 unspecified atom stereocenters. The van der Waals surface area contributed by atoms with Crippen LogP contribution in [0.2, 0.25) is 5.02 Å². The smallest absolute Gasteiger partial charge is 0.341 e. The van der Waals surface area contributed by atoms with Gasteiger partial charge in [0, 0.05) is 11.6 Å². The normalized spacial score (nSPS) is 9.83. The molecule has 0 aliphatic heterocycles. The Hall–Kier alpha value is -2.71. The van der Waals surface area contributed by atoms with Crippen LogP contribution in [0.5, 0.6) is 5.75 Å². The molecule has 0 saturated carbocycles. The molecule has 0 aromatic heterocycles. The Morgan fingerprint density at radius 3 is 2.70 bits per heavy atom. The maximum absolute atomic E-state index is 11.8. The van der Waals surface area contributed by atoms with Crippen molar-refractivity contribution in [3.05, 3.63) is 58.1 Å². The summed E-state index contributed by atoms with van der Waals surface area (Å²) in [6.45, 7) is 0.435. The molecule has 1 N–H and O–H groups in total. The zero-order valence-electron chi connectivity index (χ0n) is 12.7. The number of rotatable bonds is 5. The summed E-state index contributed by atoms with van der Waals surface area (Å²) in [4.78, 5) is 11.8. The van der Waals surface area contributed by atoms with Crippen LogP contribution in [0.15, 0.2) is 36.4 Å². The number of methoxy groups -OCH3 is 2. The summed E-state index contributed by atoms with van der Waals surface area (Å²) in [5.41, 5.74) is 2.34. The molecular weight excluding hydrogens is 316 g/mol. The summed E-state index contributed by atoms with van der Waals surface area (Å²) in [6.07, 6.45) is 0. The molecule has 118 valence electrons. The van der Waals surface area contributed by atoms with Gasteiger partial charge < -0.3 is 14.8 Å². The van der Waals surface area contributed by atoms with Crippen molar-refractivity contribution >= 4 is 23.3 Å². The number of hydrogen-bond donors (Lipinski definition) is 1. The van der Waals surface area contributed by atoms with Crippen molar-refractivity contribution in [2.75, 3.05) is 19.5 Å². The van der Waals surface area contributed by atoms with Gasteiger partial charge in [-0.15, -0.1) is 0 Å². The van der Waals surface area contributed by atoms with Gasteiger partial charge in [0.25, 0.3) is 0 Å². The Bertz CT molecular complexity index is 769. The number of nitriles is 1. The Morgan fingerprint density at radius 1 is 1.26 bits per heavy atom. The standard InChI is InChI=1S/C17H15ClN2O3/c1-22-16-6-3-11(7-14(16)17(21)23-2)10-20-15-5-4-13(18)8-12(15)9-19/h3-8,20H,10H2,1-2H3. The molecule has 0 saturated heterocycles. The minimum Gasteiger partial charge on any atom is -0.496 e. The number of carbonyl (C=O) groups excluding carboxylic acids is 1. The van der Waals surface area contributed by atoms with E-state index in [4.69, 9.17) is 26.3 Å². The monoisotopic (exact) mass is 330 g/mol. The van der Waals surface area contributed by atoms with E-state index in [1.54, 1.807) is 30.3 Å². The number of carbonyl (C=O) groups is 1. The van der Waals surface area contributed by atoms with Gasteiger partial charge in [-0.1, -0.05) is 17.7 Å². The van der Waals surface area contributed by atoms with Crippen molar-refractivity contribution in [3.63, 3.8) is 0 Å². The minimum absolute atomic E-state index is 0.353. The molecule has 0 radical (unpaired) electrons. The van der Waals surface area contributed by atoms with Gasteiger partial charge in [0.1, 0.15) is 17.4 Å². The lowest BCUT2D eigenvalue weighted by atomic mass is 10.1. The first-order valence-corrected chi connectivity index (χ1v) is 7.15. The molecule has 2 rings (SSSR count). The number of hydrogen-bond acceptors (Lipinski definition) is 5. The van der Waals surface area contributed by atoms with Crippen LogP contribution >= 0.6 is 11.6 Å². The maximum atomic E-state index is 11.8. The van der Waals surface area contributed by atoms with Crippen LogP contribution in [0.3, 0.4) is 0 Å². The Balaban J connectivity index is 2.21. The number of ether oxygens (including phenoxy) is 2. The van der Waals surface area contributed by atoms with Gasteiger partial charge >= 0.3 is 5.97 Å². The Morgan fingerprint density at radius 2 is 2.04 bits per heavy atom. The summed E-state index contributed by atoms with van der Waals surface area (Å²) < 4.78 is 9.91. The molecule has 0 fully saturated rings. The fraction of sp³-hybridized carbons (Fsp3) is 0.176. The van der Waals surface area contributed by atoms with Crippen LogP contribution in [0.4, 0.5) is 5.69 Å². The van der Waals surface area contributed by atoms with E-state index in [9.17, 15) is 4.79 Å². The molecule has 0 atom stereocenters. The van der Waals surface area contributed by atoms with E-state index in [0.717, 1.165) is 5.56 Å². The molecular formula is C17H15ClN2O3. The van der Waals surface area contributed by atoms with Gasteiger partial charge in [0.2, 0.25) is 0 Å². The van der Waals surface area contributed by atoms with Crippen molar-refractivity contribution in [1.82, 2.24) is 0 Å². The van der Waals surface area contributed by atoms with Gasteiger partial charge in [0.15, 0.2) is 0 Å². The SMILES string of the molecule is COC(=O)c1cc(CNc2ccc(Cl)cc2C#N)ccc1OC. The summed E-state index contributed by atoms with van der Waals surface area (Å²) in [7, 11) is 2.81. The van der Waals surface area contributed by atoms with E-state index in [1.807, 2.05) is 6.07 Å². The molecule has 2 aromatic carbocycles. The molecule has 0 aliphatic rings. The molecule has 0 heterocycles. The summed E-state index contributed by atoms with van der Waals surface area (Å²) in [5, 5.41) is 12.8. The number of benzene rings is 2. The largest absolute Gasteiger partial charge is 0.496 e. The predicted octanol–water partition coefficient (Wildman–Crippen LogP) is 3.62. The van der Waals surface area contributed by atoms with Gasteiger partial charge in [-0.25, -0.2) is 4.79 Å². The predicted molar refractivity (Wildman–Crippen MR) is 87.8 cm³/mol. The third-order valence-corrected chi connectivity index (χ3v) is 3.49. The molecule has 0 aliphatic carbocycles. The Kier molecular flexibility index (Phi) is 5.45. The van der Waals surface area contributed by atoms with Crippen molar-refractivity contribution in [2.24, 2.45) is 0 Å². The number of halogens is 1. The van der Waals surface area contributed by atoms with Crippen LogP contribution in [0.25, 0.3) is 0 Å². The van der Waals surface area contributed by atoms with E-state index in [1.165, 1.54) is 14.2 Å². The highest BCUT2D eigenvalue weighted by molar-refractivity contribution is 6.30. The van der Waals surface area contributed by atoms with Gasteiger partial charge in [0.05, 0.1) is 25.5 Å². The van der Waals surface area contributed by atoms with E-state index in [2.05, 4.69) is 11.4 Å². The number of esters is 1. The maximum Gasteiger partial charge on any atom is 0.341 e. The highest BCUT2D eigenvalue weighted by atomic mass is 35.5. The lowest BCUT2D eigenvalue weighted by Gasteiger charge is -2.11. The molecule has 0 amide bonds. The van der Waals surface area contributed by atoms with E-state index >= 15 is 0 Å². The fourth-order valence-corrected chi connectivity index (χ4v) is 2.27. The van der Waals surface area contributed by atoms with Crippen LogP contribution in [0.1, 0.15) is 21.5 Å². The van der Waals surface area contributed by atoms with Crippen LogP contribution in [0, 0.1) is 11.3 Å². The van der Waals surface area contributed by atoms with Crippen molar-refractivity contribution in [2.45, 2.75) is 6.54 Å². The summed E-state index contributed by atoms with van der Waals surface area (Å²) >= 11 is 5.87. The zero-order valence-corrected chi connectivity index (χ0v) is 13.5. The first-order chi connectivity index (χ1) is 11.1. The number of nitrogens with one attached hydrogen (secondary N) is 1. The molecule has 5 nitrogen and oxygen atoms in total. The van der Waals surface area contributed by atoms with Gasteiger partial charge in [-0.05, 0) is 35.9 Å². The third-order valence-electron chi connectivity index (χ3n) is 3.25. The lowest BCUT2D eigenvalue weighted by Crippen LogP contribution is -2.07. The van der Waals surface area contributed by atoms with Gasteiger partial charge in [-0.3, -0.25) is 0 Å². The second kappa shape index (κ2) is 7.52. The average Bonchev–Trinajstić information content (AvgIpc) is 2.59. The molecule has 0 bridgehead atoms. The fourth-order valence-electron chi connectivity index (χ4n) is 2.09. The molecule has 6 heteroatoms. The van der Waals surface area contributed by atoms with E-state index in [0.29, 0.717) is 34.1 Å². The van der Waals surface area contributed by atoms with Crippen molar-refractivity contribution < 1.29 is 14.3 Å². The van der Waals surface area contributed by atoms with E-state index < -0.39 is 5.97 Å². The minimum atomic E-state index is -0.465. The van der Waals surface area contributed by atoms with Crippen molar-refractivity contribution in [1.29, 1.82) is 5.26 Å². The van der Waals surface area contributed by atoms with Crippen molar-refractivity contribution in [3.8, 4) is 11.8 Å². The molecule has 23 heavy (non-hydrogen) atoms. The zero-order chi connectivity index (χ0) is 16.8. The number of nitrogens with zero attached hydrogens (tertiary/aromatic N) is 1. The topological polar surface area (TPSA) is 71.3 Å². The summed E-state index contributed by atoms with van der Waals surface area (Å²) in [5.74, 6) is -0.0160. The average molecular weight is 331 g/mol. The van der Waals surface area contributed by atoms with Crippen LogP contribution in [-0.4, -0.2) is 20.2 Å². The van der Waals surface area contributed by atoms with Gasteiger partial charge in [-0.2, -0.15) is 5.26 Å². The molecule has 2 aromatic rings. The lowest BCUT2D eigenvalue weighted by molar-refractivity contribution is 0.0597. The quantitative estimate of drug-likeness (QED) is 0.848. The highest BCUT2D eigenvalue weighted by Crippen LogP contribution is 2.23. The van der Waals surface area contributed by atoms with Crippen LogP contribution < -0.4 is 10.1 Å². The number of anilines is 1. The second-order valence-electron chi connectivity index (χ2n) is 4.68. The van der Waals surface area contributed by atoms with E-state index in [-0.39, 0.29) is 0 Å².